The molecule has 4 heteroatoms. The van der Waals surface area contributed by atoms with Crippen molar-refractivity contribution in [2.75, 3.05) is 0 Å². The van der Waals surface area contributed by atoms with E-state index in [1.165, 1.54) is 0 Å². The van der Waals surface area contributed by atoms with E-state index in [1.54, 1.807) is 0 Å². The van der Waals surface area contributed by atoms with Crippen LogP contribution in [0.4, 0.5) is 0 Å². The number of hydrogen-bond acceptors (Lipinski definition) is 4. The highest BCUT2D eigenvalue weighted by Gasteiger charge is 2.42. The van der Waals surface area contributed by atoms with Crippen LogP contribution in [0.3, 0.4) is 0 Å². The van der Waals surface area contributed by atoms with Gasteiger partial charge in [0, 0.05) is 12.8 Å². The molecule has 0 aromatic rings. The van der Waals surface area contributed by atoms with E-state index in [4.69, 9.17) is 10.5 Å². The Labute approximate surface area is 91.1 Å². The highest BCUT2D eigenvalue weighted by atomic mass is 17.2. The van der Waals surface area contributed by atoms with E-state index in [0.29, 0.717) is 24.2 Å². The van der Waals surface area contributed by atoms with Gasteiger partial charge < -0.3 is 0 Å². The van der Waals surface area contributed by atoms with Crippen molar-refractivity contribution in [3.8, 4) is 0 Å². The van der Waals surface area contributed by atoms with Crippen LogP contribution in [0, 0.1) is 11.3 Å². The second kappa shape index (κ2) is 4.78. The normalized spacial score (nSPS) is 23.0. The standard InChI is InChI=1S/C11H22O4/c1-4-10(2,3)9-5-7-11(14-12,15-13)8-6-9/h9,12-13H,4-8H2,1-3H3. The van der Waals surface area contributed by atoms with Crippen molar-refractivity contribution >= 4 is 0 Å². The van der Waals surface area contributed by atoms with Gasteiger partial charge in [-0.3, -0.25) is 0 Å². The zero-order chi connectivity index (χ0) is 11.5. The van der Waals surface area contributed by atoms with E-state index in [0.717, 1.165) is 19.3 Å². The molecule has 90 valence electrons. The Kier molecular flexibility index (Phi) is 4.12. The highest BCUT2D eigenvalue weighted by molar-refractivity contribution is 4.85. The monoisotopic (exact) mass is 218 g/mol. The van der Waals surface area contributed by atoms with Crippen LogP contribution in [0.2, 0.25) is 0 Å². The van der Waals surface area contributed by atoms with Gasteiger partial charge in [-0.15, -0.1) is 0 Å². The van der Waals surface area contributed by atoms with Crippen LogP contribution in [0.5, 0.6) is 0 Å². The third-order valence-corrected chi connectivity index (χ3v) is 4.10. The van der Waals surface area contributed by atoms with Gasteiger partial charge in [0.15, 0.2) is 0 Å². The molecule has 2 N–H and O–H groups in total. The molecule has 0 unspecified atom stereocenters. The molecule has 1 fully saturated rings. The summed E-state index contributed by atoms with van der Waals surface area (Å²) in [6.07, 6.45) is 4.01. The van der Waals surface area contributed by atoms with Crippen LogP contribution in [0.15, 0.2) is 0 Å². The van der Waals surface area contributed by atoms with Gasteiger partial charge in [-0.2, -0.15) is 0 Å². The third kappa shape index (κ3) is 2.69. The Morgan fingerprint density at radius 2 is 1.67 bits per heavy atom. The molecule has 1 saturated carbocycles. The molecule has 1 rings (SSSR count). The summed E-state index contributed by atoms with van der Waals surface area (Å²) in [6.45, 7) is 6.70. The Bertz CT molecular complexity index is 189. The molecule has 1 aliphatic rings. The van der Waals surface area contributed by atoms with Crippen molar-refractivity contribution in [1.29, 1.82) is 0 Å². The van der Waals surface area contributed by atoms with Crippen LogP contribution in [-0.2, 0) is 9.78 Å². The van der Waals surface area contributed by atoms with E-state index < -0.39 is 5.79 Å². The quantitative estimate of drug-likeness (QED) is 0.432. The first kappa shape index (κ1) is 12.9. The van der Waals surface area contributed by atoms with Crippen LogP contribution >= 0.6 is 0 Å². The SMILES string of the molecule is CCC(C)(C)C1CCC(OO)(OO)CC1. The Morgan fingerprint density at radius 3 is 2.00 bits per heavy atom. The first-order chi connectivity index (χ1) is 6.99. The van der Waals surface area contributed by atoms with Gasteiger partial charge in [0.25, 0.3) is 0 Å². The second-order valence-corrected chi connectivity index (χ2v) is 5.21. The first-order valence-electron chi connectivity index (χ1n) is 5.65. The molecule has 0 spiro atoms. The molecule has 0 heterocycles. The molecule has 0 amide bonds. The van der Waals surface area contributed by atoms with E-state index in [2.05, 4.69) is 30.5 Å². The summed E-state index contributed by atoms with van der Waals surface area (Å²) in [4.78, 5) is 8.50. The van der Waals surface area contributed by atoms with E-state index in [-0.39, 0.29) is 0 Å². The summed E-state index contributed by atoms with van der Waals surface area (Å²) in [5, 5.41) is 17.4. The molecule has 0 radical (unpaired) electrons. The molecular formula is C11H22O4. The molecule has 0 aromatic carbocycles. The Balaban J connectivity index is 2.55. The Hall–Kier alpha value is -0.160. The largest absolute Gasteiger partial charge is 0.249 e. The molecule has 0 aromatic heterocycles. The fourth-order valence-electron chi connectivity index (χ4n) is 2.33. The van der Waals surface area contributed by atoms with Crippen molar-refractivity contribution in [1.82, 2.24) is 0 Å². The maximum Gasteiger partial charge on any atom is 0.233 e. The molecule has 1 aliphatic carbocycles. The first-order valence-corrected chi connectivity index (χ1v) is 5.65. The summed E-state index contributed by atoms with van der Waals surface area (Å²) in [5.74, 6) is -0.582. The maximum absolute atomic E-state index is 8.70. The van der Waals surface area contributed by atoms with Crippen molar-refractivity contribution in [3.05, 3.63) is 0 Å². The van der Waals surface area contributed by atoms with E-state index >= 15 is 0 Å². The molecular weight excluding hydrogens is 196 g/mol. The summed E-state index contributed by atoms with van der Waals surface area (Å²) < 4.78 is 0. The topological polar surface area (TPSA) is 58.9 Å². The van der Waals surface area contributed by atoms with E-state index in [9.17, 15) is 0 Å². The fraction of sp³-hybridized carbons (Fsp3) is 1.00. The summed E-state index contributed by atoms with van der Waals surface area (Å²) in [6, 6.07) is 0. The van der Waals surface area contributed by atoms with Crippen molar-refractivity contribution in [3.63, 3.8) is 0 Å². The van der Waals surface area contributed by atoms with Gasteiger partial charge in [-0.1, -0.05) is 27.2 Å². The van der Waals surface area contributed by atoms with Gasteiger partial charge in [0.2, 0.25) is 5.79 Å². The van der Waals surface area contributed by atoms with Gasteiger partial charge in [-0.05, 0) is 24.2 Å². The van der Waals surface area contributed by atoms with Crippen LogP contribution in [0.1, 0.15) is 52.9 Å². The van der Waals surface area contributed by atoms with Gasteiger partial charge in [0.1, 0.15) is 0 Å². The van der Waals surface area contributed by atoms with E-state index in [1.807, 2.05) is 0 Å². The molecule has 0 aliphatic heterocycles. The number of hydrogen-bond donors (Lipinski definition) is 2. The molecule has 0 bridgehead atoms. The predicted octanol–water partition coefficient (Wildman–Crippen LogP) is 3.29. The second-order valence-electron chi connectivity index (χ2n) is 5.21. The lowest BCUT2D eigenvalue weighted by Crippen LogP contribution is -2.41. The third-order valence-electron chi connectivity index (χ3n) is 4.10. The zero-order valence-electron chi connectivity index (χ0n) is 9.82. The molecule has 0 atom stereocenters. The highest BCUT2D eigenvalue weighted by Crippen LogP contribution is 2.44. The van der Waals surface area contributed by atoms with Crippen LogP contribution in [0.25, 0.3) is 0 Å². The maximum atomic E-state index is 8.70. The fourth-order valence-corrected chi connectivity index (χ4v) is 2.33. The van der Waals surface area contributed by atoms with Crippen LogP contribution < -0.4 is 0 Å². The van der Waals surface area contributed by atoms with Gasteiger partial charge in [0.05, 0.1) is 0 Å². The minimum atomic E-state index is -1.18. The lowest BCUT2D eigenvalue weighted by molar-refractivity contribution is -0.494. The molecule has 0 saturated heterocycles. The molecule has 4 nitrogen and oxygen atoms in total. The van der Waals surface area contributed by atoms with Gasteiger partial charge in [-0.25, -0.2) is 20.3 Å². The number of rotatable bonds is 4. The van der Waals surface area contributed by atoms with Gasteiger partial charge >= 0.3 is 0 Å². The lowest BCUT2D eigenvalue weighted by Gasteiger charge is -2.41. The zero-order valence-corrected chi connectivity index (χ0v) is 9.82. The Morgan fingerprint density at radius 1 is 1.20 bits per heavy atom. The summed E-state index contributed by atoms with van der Waals surface area (Å²) >= 11 is 0. The predicted molar refractivity (Wildman–Crippen MR) is 56.2 cm³/mol. The van der Waals surface area contributed by atoms with Crippen molar-refractivity contribution in [2.24, 2.45) is 11.3 Å². The summed E-state index contributed by atoms with van der Waals surface area (Å²) in [7, 11) is 0. The minimum Gasteiger partial charge on any atom is -0.249 e. The van der Waals surface area contributed by atoms with Crippen molar-refractivity contribution in [2.45, 2.75) is 58.7 Å². The average Bonchev–Trinajstić information content (AvgIpc) is 2.29. The van der Waals surface area contributed by atoms with Crippen molar-refractivity contribution < 1.29 is 20.3 Å². The minimum absolute atomic E-state index is 0.303. The van der Waals surface area contributed by atoms with Crippen LogP contribution in [-0.4, -0.2) is 16.3 Å². The smallest absolute Gasteiger partial charge is 0.233 e. The lowest BCUT2D eigenvalue weighted by atomic mass is 9.68. The summed E-state index contributed by atoms with van der Waals surface area (Å²) in [5.41, 5.74) is 0.303. The average molecular weight is 218 g/mol. The molecule has 15 heavy (non-hydrogen) atoms.